The summed E-state index contributed by atoms with van der Waals surface area (Å²) in [6.45, 7) is 6.29. The van der Waals surface area contributed by atoms with Gasteiger partial charge in [0.25, 0.3) is 0 Å². The zero-order valence-electron chi connectivity index (χ0n) is 20.2. The Balaban J connectivity index is 1.46. The Hall–Kier alpha value is -2.87. The molecule has 1 aromatic carbocycles. The summed E-state index contributed by atoms with van der Waals surface area (Å²) in [5, 5.41) is 11.1. The Morgan fingerprint density at radius 2 is 2.00 bits per heavy atom. The molecule has 0 saturated carbocycles. The quantitative estimate of drug-likeness (QED) is 0.684. The number of nitrogens with zero attached hydrogens (tertiary/aromatic N) is 3. The van der Waals surface area contributed by atoms with Crippen LogP contribution in [0.3, 0.4) is 0 Å². The normalized spacial score (nSPS) is 23.0. The maximum Gasteiger partial charge on any atom is 0.224 e. The number of carbonyl (C=O) groups excluding carboxylic acids is 2. The summed E-state index contributed by atoms with van der Waals surface area (Å²) in [5.41, 5.74) is 4.10. The molecular weight excluding hydrogens is 430 g/mol. The van der Waals surface area contributed by atoms with Crippen molar-refractivity contribution >= 4 is 17.5 Å². The first-order valence-corrected chi connectivity index (χ1v) is 12.6. The molecule has 0 spiro atoms. The average Bonchev–Trinajstić information content (AvgIpc) is 3.48. The molecule has 1 aromatic heterocycles. The third-order valence-corrected chi connectivity index (χ3v) is 7.48. The number of benzene rings is 1. The van der Waals surface area contributed by atoms with Crippen LogP contribution in [0.15, 0.2) is 24.5 Å². The number of hydrogen-bond acceptors (Lipinski definition) is 5. The molecule has 3 aliphatic heterocycles. The summed E-state index contributed by atoms with van der Waals surface area (Å²) in [4.78, 5) is 25.9. The summed E-state index contributed by atoms with van der Waals surface area (Å²) >= 11 is 0. The number of carbonyl (C=O) groups is 2. The average molecular weight is 466 g/mol. The van der Waals surface area contributed by atoms with Crippen molar-refractivity contribution in [2.75, 3.05) is 24.6 Å². The predicted molar refractivity (Wildman–Crippen MR) is 131 cm³/mol. The molecule has 8 nitrogen and oxygen atoms in total. The van der Waals surface area contributed by atoms with Gasteiger partial charge in [-0.05, 0) is 64.3 Å². The molecule has 2 saturated heterocycles. The molecular formula is C26H35N5O3. The third-order valence-electron chi connectivity index (χ3n) is 7.48. The lowest BCUT2D eigenvalue weighted by atomic mass is 9.92. The van der Waals surface area contributed by atoms with E-state index < -0.39 is 0 Å². The van der Waals surface area contributed by atoms with E-state index in [4.69, 9.17) is 9.84 Å². The molecule has 2 atom stereocenters. The van der Waals surface area contributed by atoms with Crippen LogP contribution < -0.4 is 20.3 Å². The van der Waals surface area contributed by atoms with E-state index in [-0.39, 0.29) is 23.9 Å². The summed E-state index contributed by atoms with van der Waals surface area (Å²) in [5.74, 6) is 1.03. The Labute approximate surface area is 201 Å². The topological polar surface area (TPSA) is 88.5 Å². The van der Waals surface area contributed by atoms with Crippen molar-refractivity contribution in [3.05, 3.63) is 30.1 Å². The van der Waals surface area contributed by atoms with Crippen molar-refractivity contribution in [3.8, 4) is 16.9 Å². The van der Waals surface area contributed by atoms with Gasteiger partial charge in [0.15, 0.2) is 0 Å². The van der Waals surface area contributed by atoms with E-state index in [0.717, 1.165) is 79.7 Å². The highest BCUT2D eigenvalue weighted by atomic mass is 16.5. The van der Waals surface area contributed by atoms with Crippen LogP contribution >= 0.6 is 0 Å². The van der Waals surface area contributed by atoms with E-state index in [2.05, 4.69) is 40.6 Å². The number of hydrogen-bond donors (Lipinski definition) is 2. The molecule has 182 valence electrons. The molecule has 8 heteroatoms. The number of anilines is 1. The SMILES string of the molecule is CC(=O)N1c2ccc(-c3cnn(C4CCNCC4)c3)c(OCC[C@H]3CCC(=O)N3)c2CC[C@@H]1C. The fraction of sp³-hybridized carbons (Fsp3) is 0.577. The van der Waals surface area contributed by atoms with Crippen LogP contribution in [-0.4, -0.2) is 53.4 Å². The number of rotatable bonds is 6. The molecule has 0 bridgehead atoms. The maximum absolute atomic E-state index is 12.5. The van der Waals surface area contributed by atoms with Gasteiger partial charge in [-0.25, -0.2) is 0 Å². The minimum atomic E-state index is 0.0551. The summed E-state index contributed by atoms with van der Waals surface area (Å²) in [7, 11) is 0. The second kappa shape index (κ2) is 9.78. The molecule has 0 unspecified atom stereocenters. The number of nitrogens with one attached hydrogen (secondary N) is 2. The lowest BCUT2D eigenvalue weighted by Gasteiger charge is -2.36. The van der Waals surface area contributed by atoms with Gasteiger partial charge in [0, 0.05) is 54.7 Å². The monoisotopic (exact) mass is 465 g/mol. The smallest absolute Gasteiger partial charge is 0.224 e. The minimum Gasteiger partial charge on any atom is -0.492 e. The van der Waals surface area contributed by atoms with Crippen molar-refractivity contribution in [1.29, 1.82) is 0 Å². The van der Waals surface area contributed by atoms with Gasteiger partial charge in [0.05, 0.1) is 24.5 Å². The van der Waals surface area contributed by atoms with E-state index in [1.54, 1.807) is 6.92 Å². The fourth-order valence-corrected chi connectivity index (χ4v) is 5.62. The molecule has 34 heavy (non-hydrogen) atoms. The summed E-state index contributed by atoms with van der Waals surface area (Å²) in [6, 6.07) is 4.89. The fourth-order valence-electron chi connectivity index (χ4n) is 5.62. The molecule has 2 aromatic rings. The van der Waals surface area contributed by atoms with Crippen molar-refractivity contribution in [2.45, 2.75) is 76.9 Å². The largest absolute Gasteiger partial charge is 0.492 e. The van der Waals surface area contributed by atoms with Gasteiger partial charge in [-0.1, -0.05) is 0 Å². The standard InChI is InChI=1S/C26H35N5O3/c1-17-3-5-23-24(31(17)18(2)32)7-6-22(26(23)34-14-11-20-4-8-25(33)29-20)19-15-28-30(16-19)21-9-12-27-13-10-21/h6-7,15-17,20-21,27H,3-5,8-14H2,1-2H3,(H,29,33)/t17-,20+/m0/s1. The summed E-state index contributed by atoms with van der Waals surface area (Å²) < 4.78 is 8.56. The van der Waals surface area contributed by atoms with Crippen LogP contribution in [0.2, 0.25) is 0 Å². The van der Waals surface area contributed by atoms with Crippen LogP contribution in [0.5, 0.6) is 5.75 Å². The van der Waals surface area contributed by atoms with Crippen molar-refractivity contribution in [3.63, 3.8) is 0 Å². The van der Waals surface area contributed by atoms with Crippen LogP contribution in [-0.2, 0) is 16.0 Å². The van der Waals surface area contributed by atoms with E-state index >= 15 is 0 Å². The molecule has 5 rings (SSSR count). The van der Waals surface area contributed by atoms with Crippen LogP contribution in [0.25, 0.3) is 11.1 Å². The minimum absolute atomic E-state index is 0.0551. The Kier molecular flexibility index (Phi) is 6.59. The molecule has 0 aliphatic carbocycles. The molecule has 2 amide bonds. The van der Waals surface area contributed by atoms with E-state index in [9.17, 15) is 9.59 Å². The van der Waals surface area contributed by atoms with Crippen LogP contribution in [0, 0.1) is 0 Å². The highest BCUT2D eigenvalue weighted by Gasteiger charge is 2.30. The molecule has 4 heterocycles. The number of fused-ring (bicyclic) bond motifs is 1. The Bertz CT molecular complexity index is 1060. The first-order chi connectivity index (χ1) is 16.5. The van der Waals surface area contributed by atoms with Gasteiger partial charge >= 0.3 is 0 Å². The molecule has 0 radical (unpaired) electrons. The van der Waals surface area contributed by atoms with E-state index in [0.29, 0.717) is 19.1 Å². The highest BCUT2D eigenvalue weighted by Crippen LogP contribution is 2.43. The highest BCUT2D eigenvalue weighted by molar-refractivity contribution is 5.95. The Morgan fingerprint density at radius 1 is 1.18 bits per heavy atom. The zero-order chi connectivity index (χ0) is 23.7. The number of aromatic nitrogens is 2. The van der Waals surface area contributed by atoms with Gasteiger partial charge in [-0.15, -0.1) is 0 Å². The third kappa shape index (κ3) is 4.56. The predicted octanol–water partition coefficient (Wildman–Crippen LogP) is 3.21. The van der Waals surface area contributed by atoms with Crippen molar-refractivity contribution < 1.29 is 14.3 Å². The maximum atomic E-state index is 12.5. The lowest BCUT2D eigenvalue weighted by Crippen LogP contribution is -2.40. The van der Waals surface area contributed by atoms with Gasteiger partial charge in [-0.3, -0.25) is 14.3 Å². The van der Waals surface area contributed by atoms with E-state index in [1.165, 1.54) is 0 Å². The number of amides is 2. The van der Waals surface area contributed by atoms with Gasteiger partial charge < -0.3 is 20.3 Å². The zero-order valence-corrected chi connectivity index (χ0v) is 20.2. The summed E-state index contributed by atoms with van der Waals surface area (Å²) in [6.07, 6.45) is 10.2. The van der Waals surface area contributed by atoms with Crippen LogP contribution in [0.1, 0.15) is 64.0 Å². The van der Waals surface area contributed by atoms with Gasteiger partial charge in [0.1, 0.15) is 5.75 Å². The van der Waals surface area contributed by atoms with Crippen molar-refractivity contribution in [2.24, 2.45) is 0 Å². The van der Waals surface area contributed by atoms with E-state index in [1.807, 2.05) is 11.1 Å². The van der Waals surface area contributed by atoms with Gasteiger partial charge in [0.2, 0.25) is 11.8 Å². The van der Waals surface area contributed by atoms with Gasteiger partial charge in [-0.2, -0.15) is 5.10 Å². The number of ether oxygens (including phenoxy) is 1. The first kappa shape index (κ1) is 22.9. The lowest BCUT2D eigenvalue weighted by molar-refractivity contribution is -0.119. The van der Waals surface area contributed by atoms with Crippen LogP contribution in [0.4, 0.5) is 5.69 Å². The van der Waals surface area contributed by atoms with Crippen molar-refractivity contribution in [1.82, 2.24) is 20.4 Å². The first-order valence-electron chi connectivity index (χ1n) is 12.6. The Morgan fingerprint density at radius 3 is 2.74 bits per heavy atom. The molecule has 3 aliphatic rings. The second-order valence-electron chi connectivity index (χ2n) is 9.85. The second-order valence-corrected chi connectivity index (χ2v) is 9.85. The number of piperidine rings is 1. The molecule has 2 N–H and O–H groups in total. The molecule has 2 fully saturated rings.